The molecule has 0 radical (unpaired) electrons. The van der Waals surface area contributed by atoms with E-state index in [0.29, 0.717) is 43.6 Å². The van der Waals surface area contributed by atoms with Gasteiger partial charge in [-0.25, -0.2) is 9.18 Å². The van der Waals surface area contributed by atoms with E-state index >= 15 is 0 Å². The first-order chi connectivity index (χ1) is 15.6. The van der Waals surface area contributed by atoms with Crippen LogP contribution < -0.4 is 10.6 Å². The molecular formula is C25H30FN3O4. The molecule has 0 atom stereocenters. The normalized spacial score (nSPS) is 14.5. The average Bonchev–Trinajstić information content (AvgIpc) is 2.77. The predicted octanol–water partition coefficient (Wildman–Crippen LogP) is 3.89. The zero-order valence-corrected chi connectivity index (χ0v) is 19.2. The molecule has 2 aromatic rings. The number of amides is 3. The maximum absolute atomic E-state index is 13.0. The van der Waals surface area contributed by atoms with Crippen molar-refractivity contribution in [2.24, 2.45) is 0 Å². The summed E-state index contributed by atoms with van der Waals surface area (Å²) in [5, 5.41) is 5.65. The molecule has 0 saturated carbocycles. The highest BCUT2D eigenvalue weighted by Gasteiger charge is 2.25. The molecule has 0 unspecified atom stereocenters. The fraction of sp³-hybridized carbons (Fsp3) is 0.400. The number of carbonyl (C=O) groups excluding carboxylic acids is 3. The van der Waals surface area contributed by atoms with Crippen LogP contribution in [-0.4, -0.2) is 47.5 Å². The SMILES string of the molecule is CC(C)(C)OC(=O)NCc1ccc(C(=O)N2CCC(NC(=O)c3ccc(F)cc3)CC2)cc1. The van der Waals surface area contributed by atoms with Gasteiger partial charge in [-0.2, -0.15) is 0 Å². The first-order valence-electron chi connectivity index (χ1n) is 11.0. The zero-order chi connectivity index (χ0) is 24.0. The third kappa shape index (κ3) is 7.30. The topological polar surface area (TPSA) is 87.7 Å². The van der Waals surface area contributed by atoms with Crippen LogP contribution in [0.4, 0.5) is 9.18 Å². The van der Waals surface area contributed by atoms with Crippen molar-refractivity contribution < 1.29 is 23.5 Å². The van der Waals surface area contributed by atoms with E-state index in [1.54, 1.807) is 49.9 Å². The summed E-state index contributed by atoms with van der Waals surface area (Å²) >= 11 is 0. The molecule has 3 amide bonds. The Hall–Kier alpha value is -3.42. The number of halogens is 1. The van der Waals surface area contributed by atoms with E-state index < -0.39 is 11.7 Å². The molecular weight excluding hydrogens is 425 g/mol. The third-order valence-electron chi connectivity index (χ3n) is 5.26. The van der Waals surface area contributed by atoms with Crippen LogP contribution in [0, 0.1) is 5.82 Å². The zero-order valence-electron chi connectivity index (χ0n) is 19.2. The molecule has 0 aromatic heterocycles. The summed E-state index contributed by atoms with van der Waals surface area (Å²) in [6, 6.07) is 12.5. The van der Waals surface area contributed by atoms with Gasteiger partial charge in [0.05, 0.1) is 0 Å². The van der Waals surface area contributed by atoms with Crippen LogP contribution in [0.5, 0.6) is 0 Å². The number of benzene rings is 2. The first-order valence-corrected chi connectivity index (χ1v) is 11.0. The lowest BCUT2D eigenvalue weighted by molar-refractivity contribution is 0.0522. The van der Waals surface area contributed by atoms with Crippen molar-refractivity contribution in [3.8, 4) is 0 Å². The average molecular weight is 456 g/mol. The van der Waals surface area contributed by atoms with Gasteiger partial charge < -0.3 is 20.3 Å². The first kappa shape index (κ1) is 24.2. The van der Waals surface area contributed by atoms with Crippen molar-refractivity contribution in [1.29, 1.82) is 0 Å². The van der Waals surface area contributed by atoms with Crippen LogP contribution in [0.1, 0.15) is 59.9 Å². The molecule has 2 aromatic carbocycles. The molecule has 0 bridgehead atoms. The molecule has 2 N–H and O–H groups in total. The van der Waals surface area contributed by atoms with Gasteiger partial charge in [0.15, 0.2) is 0 Å². The Morgan fingerprint density at radius 3 is 2.12 bits per heavy atom. The van der Waals surface area contributed by atoms with E-state index in [1.165, 1.54) is 24.3 Å². The van der Waals surface area contributed by atoms with Gasteiger partial charge in [0.1, 0.15) is 11.4 Å². The number of piperidine rings is 1. The van der Waals surface area contributed by atoms with Crippen LogP contribution in [0.15, 0.2) is 48.5 Å². The minimum absolute atomic E-state index is 0.0343. The van der Waals surface area contributed by atoms with E-state index in [2.05, 4.69) is 10.6 Å². The smallest absolute Gasteiger partial charge is 0.407 e. The highest BCUT2D eigenvalue weighted by Crippen LogP contribution is 2.16. The lowest BCUT2D eigenvalue weighted by atomic mass is 10.0. The number of nitrogens with zero attached hydrogens (tertiary/aromatic N) is 1. The van der Waals surface area contributed by atoms with Gasteiger partial charge in [-0.15, -0.1) is 0 Å². The summed E-state index contributed by atoms with van der Waals surface area (Å²) in [5.41, 5.74) is 1.29. The van der Waals surface area contributed by atoms with Crippen LogP contribution in [0.25, 0.3) is 0 Å². The van der Waals surface area contributed by atoms with Crippen LogP contribution >= 0.6 is 0 Å². The molecule has 33 heavy (non-hydrogen) atoms. The molecule has 1 saturated heterocycles. The van der Waals surface area contributed by atoms with Crippen molar-refractivity contribution >= 4 is 17.9 Å². The molecule has 1 fully saturated rings. The highest BCUT2D eigenvalue weighted by atomic mass is 19.1. The Balaban J connectivity index is 1.45. The van der Waals surface area contributed by atoms with E-state index in [9.17, 15) is 18.8 Å². The number of hydrogen-bond donors (Lipinski definition) is 2. The molecule has 7 nitrogen and oxygen atoms in total. The maximum atomic E-state index is 13.0. The molecule has 1 aliphatic rings. The largest absolute Gasteiger partial charge is 0.444 e. The molecule has 1 aliphatic heterocycles. The summed E-state index contributed by atoms with van der Waals surface area (Å²) in [4.78, 5) is 38.7. The van der Waals surface area contributed by atoms with Crippen molar-refractivity contribution in [3.05, 3.63) is 71.0 Å². The lowest BCUT2D eigenvalue weighted by Gasteiger charge is -2.32. The fourth-order valence-corrected chi connectivity index (χ4v) is 3.53. The van der Waals surface area contributed by atoms with Crippen LogP contribution in [-0.2, 0) is 11.3 Å². The number of rotatable bonds is 5. The summed E-state index contributed by atoms with van der Waals surface area (Å²) in [7, 11) is 0. The highest BCUT2D eigenvalue weighted by molar-refractivity contribution is 5.95. The van der Waals surface area contributed by atoms with Crippen molar-refractivity contribution in [2.75, 3.05) is 13.1 Å². The molecule has 8 heteroatoms. The second-order valence-electron chi connectivity index (χ2n) is 9.10. The van der Waals surface area contributed by atoms with Gasteiger partial charge >= 0.3 is 6.09 Å². The van der Waals surface area contributed by atoms with Gasteiger partial charge in [-0.05, 0) is 75.6 Å². The van der Waals surface area contributed by atoms with E-state index in [-0.39, 0.29) is 23.7 Å². The number of likely N-dealkylation sites (tertiary alicyclic amines) is 1. The van der Waals surface area contributed by atoms with Crippen molar-refractivity contribution in [1.82, 2.24) is 15.5 Å². The fourth-order valence-electron chi connectivity index (χ4n) is 3.53. The van der Waals surface area contributed by atoms with Crippen molar-refractivity contribution in [3.63, 3.8) is 0 Å². The Morgan fingerprint density at radius 2 is 1.55 bits per heavy atom. The number of nitrogens with one attached hydrogen (secondary N) is 2. The van der Waals surface area contributed by atoms with Gasteiger partial charge in [-0.3, -0.25) is 9.59 Å². The summed E-state index contributed by atoms with van der Waals surface area (Å²) in [5.74, 6) is -0.689. The molecule has 0 aliphatic carbocycles. The lowest BCUT2D eigenvalue weighted by Crippen LogP contribution is -2.46. The Kier molecular flexibility index (Phi) is 7.68. The Bertz CT molecular complexity index is 976. The molecule has 0 spiro atoms. The van der Waals surface area contributed by atoms with Gasteiger partial charge in [0.2, 0.25) is 0 Å². The maximum Gasteiger partial charge on any atom is 0.407 e. The van der Waals surface area contributed by atoms with E-state index in [0.717, 1.165) is 5.56 Å². The van der Waals surface area contributed by atoms with Gasteiger partial charge in [0.25, 0.3) is 11.8 Å². The molecule has 176 valence electrons. The van der Waals surface area contributed by atoms with Gasteiger partial charge in [-0.1, -0.05) is 12.1 Å². The minimum atomic E-state index is -0.558. The third-order valence-corrected chi connectivity index (χ3v) is 5.26. The molecule has 3 rings (SSSR count). The standard InChI is InChI=1S/C25H30FN3O4/c1-25(2,3)33-24(32)27-16-17-4-6-19(7-5-17)23(31)29-14-12-21(13-15-29)28-22(30)18-8-10-20(26)11-9-18/h4-11,21H,12-16H2,1-3H3,(H,27,32)(H,28,30). The summed E-state index contributed by atoms with van der Waals surface area (Å²) < 4.78 is 18.2. The van der Waals surface area contributed by atoms with Gasteiger partial charge in [0, 0.05) is 36.8 Å². The van der Waals surface area contributed by atoms with Crippen LogP contribution in [0.2, 0.25) is 0 Å². The number of hydrogen-bond acceptors (Lipinski definition) is 4. The summed E-state index contributed by atoms with van der Waals surface area (Å²) in [6.07, 6.45) is 0.810. The van der Waals surface area contributed by atoms with E-state index in [1.807, 2.05) is 0 Å². The van der Waals surface area contributed by atoms with Crippen molar-refractivity contribution in [2.45, 2.75) is 51.8 Å². The van der Waals surface area contributed by atoms with Crippen LogP contribution in [0.3, 0.4) is 0 Å². The number of alkyl carbamates (subject to hydrolysis) is 1. The second kappa shape index (κ2) is 10.5. The molecule has 1 heterocycles. The van der Waals surface area contributed by atoms with E-state index in [4.69, 9.17) is 4.74 Å². The monoisotopic (exact) mass is 455 g/mol. The number of ether oxygens (including phenoxy) is 1. The Morgan fingerprint density at radius 1 is 0.970 bits per heavy atom. The Labute approximate surface area is 193 Å². The minimum Gasteiger partial charge on any atom is -0.444 e. The number of carbonyl (C=O) groups is 3. The predicted molar refractivity (Wildman–Crippen MR) is 122 cm³/mol. The summed E-state index contributed by atoms with van der Waals surface area (Å²) in [6.45, 7) is 6.78. The second-order valence-corrected chi connectivity index (χ2v) is 9.10. The quantitative estimate of drug-likeness (QED) is 0.716.